The lowest BCUT2D eigenvalue weighted by Crippen LogP contribution is -2.07. The van der Waals surface area contributed by atoms with Gasteiger partial charge in [-0.25, -0.2) is 9.97 Å². The molecule has 0 N–H and O–H groups in total. The number of nitrogens with zero attached hydrogens (tertiary/aromatic N) is 2. The van der Waals surface area contributed by atoms with E-state index in [0.29, 0.717) is 22.4 Å². The Bertz CT molecular complexity index is 864. The van der Waals surface area contributed by atoms with Crippen LogP contribution in [0.2, 0.25) is 5.15 Å². The molecule has 2 aromatic heterocycles. The predicted molar refractivity (Wildman–Crippen MR) is 81.5 cm³/mol. The molecular weight excluding hydrogens is 329 g/mol. The molecule has 7 heteroatoms. The van der Waals surface area contributed by atoms with Gasteiger partial charge in [-0.05, 0) is 42.5 Å². The van der Waals surface area contributed by atoms with E-state index in [1.54, 1.807) is 31.4 Å². The zero-order valence-electron chi connectivity index (χ0n) is 11.9. The number of halogens is 4. The summed E-state index contributed by atoms with van der Waals surface area (Å²) in [5.74, 6) is 0.665. The van der Waals surface area contributed by atoms with Gasteiger partial charge in [-0.15, -0.1) is 0 Å². The van der Waals surface area contributed by atoms with Crippen molar-refractivity contribution in [1.29, 1.82) is 0 Å². The van der Waals surface area contributed by atoms with Gasteiger partial charge >= 0.3 is 6.18 Å². The van der Waals surface area contributed by atoms with E-state index in [4.69, 9.17) is 16.3 Å². The lowest BCUT2D eigenvalue weighted by Gasteiger charge is -2.09. The van der Waals surface area contributed by atoms with Crippen LogP contribution in [0, 0.1) is 0 Å². The smallest absolute Gasteiger partial charge is 0.433 e. The first-order valence-corrected chi connectivity index (χ1v) is 6.95. The van der Waals surface area contributed by atoms with Crippen LogP contribution in [0.5, 0.6) is 5.75 Å². The number of hydrogen-bond donors (Lipinski definition) is 0. The van der Waals surface area contributed by atoms with Gasteiger partial charge in [-0.3, -0.25) is 0 Å². The number of hydrogen-bond acceptors (Lipinski definition) is 3. The van der Waals surface area contributed by atoms with Gasteiger partial charge < -0.3 is 4.74 Å². The van der Waals surface area contributed by atoms with Crippen LogP contribution in [0.4, 0.5) is 13.2 Å². The number of alkyl halides is 3. The number of ether oxygens (including phenoxy) is 1. The molecule has 2 heterocycles. The van der Waals surface area contributed by atoms with E-state index in [1.807, 2.05) is 0 Å². The summed E-state index contributed by atoms with van der Waals surface area (Å²) in [6.07, 6.45) is -4.51. The maximum absolute atomic E-state index is 12.8. The zero-order chi connectivity index (χ0) is 16.6. The van der Waals surface area contributed by atoms with Crippen molar-refractivity contribution in [3.63, 3.8) is 0 Å². The van der Waals surface area contributed by atoms with Crippen LogP contribution in [-0.4, -0.2) is 17.1 Å². The summed E-state index contributed by atoms with van der Waals surface area (Å²) in [4.78, 5) is 7.88. The van der Waals surface area contributed by atoms with Crippen molar-refractivity contribution in [3.8, 4) is 17.0 Å². The fourth-order valence-corrected chi connectivity index (χ4v) is 2.41. The average molecular weight is 339 g/mol. The molecule has 3 aromatic rings. The third kappa shape index (κ3) is 3.07. The van der Waals surface area contributed by atoms with E-state index in [-0.39, 0.29) is 10.7 Å². The number of fused-ring (bicyclic) bond motifs is 1. The van der Waals surface area contributed by atoms with Gasteiger partial charge in [0.25, 0.3) is 0 Å². The molecule has 0 aliphatic rings. The second kappa shape index (κ2) is 5.70. The zero-order valence-corrected chi connectivity index (χ0v) is 12.6. The largest absolute Gasteiger partial charge is 0.497 e. The van der Waals surface area contributed by atoms with Crippen molar-refractivity contribution in [2.75, 3.05) is 7.11 Å². The van der Waals surface area contributed by atoms with Crippen LogP contribution in [0.15, 0.2) is 42.5 Å². The minimum Gasteiger partial charge on any atom is -0.497 e. The molecular formula is C16H10ClF3N2O. The van der Waals surface area contributed by atoms with Crippen molar-refractivity contribution in [1.82, 2.24) is 9.97 Å². The van der Waals surface area contributed by atoms with Crippen molar-refractivity contribution < 1.29 is 17.9 Å². The topological polar surface area (TPSA) is 35.0 Å². The molecule has 0 saturated carbocycles. The Morgan fingerprint density at radius 3 is 2.30 bits per heavy atom. The second-order valence-electron chi connectivity index (χ2n) is 4.79. The molecule has 23 heavy (non-hydrogen) atoms. The number of benzene rings is 1. The first-order chi connectivity index (χ1) is 10.9. The van der Waals surface area contributed by atoms with Gasteiger partial charge in [0, 0.05) is 10.9 Å². The molecule has 1 aromatic carbocycles. The van der Waals surface area contributed by atoms with Gasteiger partial charge in [0.05, 0.1) is 18.3 Å². The second-order valence-corrected chi connectivity index (χ2v) is 5.15. The van der Waals surface area contributed by atoms with Crippen molar-refractivity contribution in [2.45, 2.75) is 6.18 Å². The number of pyridine rings is 2. The standard InChI is InChI=1S/C16H10ClF3N2O/c1-23-10-4-2-9(3-5-10)12-8-13-11(15(17)22-12)6-7-14(21-13)16(18,19)20/h2-8H,1H3. The molecule has 0 bridgehead atoms. The van der Waals surface area contributed by atoms with Crippen LogP contribution in [0.25, 0.3) is 22.2 Å². The lowest BCUT2D eigenvalue weighted by molar-refractivity contribution is -0.140. The SMILES string of the molecule is COc1ccc(-c2cc3nc(C(F)(F)F)ccc3c(Cl)n2)cc1. The fourth-order valence-electron chi connectivity index (χ4n) is 2.15. The molecule has 3 nitrogen and oxygen atoms in total. The summed E-state index contributed by atoms with van der Waals surface area (Å²) < 4.78 is 43.5. The van der Waals surface area contributed by atoms with Crippen molar-refractivity contribution in [2.24, 2.45) is 0 Å². The average Bonchev–Trinajstić information content (AvgIpc) is 2.53. The lowest BCUT2D eigenvalue weighted by atomic mass is 10.1. The minimum atomic E-state index is -4.51. The Morgan fingerprint density at radius 1 is 1.00 bits per heavy atom. The van der Waals surface area contributed by atoms with Crippen LogP contribution in [0.3, 0.4) is 0 Å². The summed E-state index contributed by atoms with van der Waals surface area (Å²) in [6, 6.07) is 10.6. The Labute approximate surface area is 134 Å². The third-order valence-electron chi connectivity index (χ3n) is 3.32. The van der Waals surface area contributed by atoms with E-state index in [0.717, 1.165) is 6.07 Å². The first-order valence-electron chi connectivity index (χ1n) is 6.57. The molecule has 0 fully saturated rings. The Balaban J connectivity index is 2.14. The summed E-state index contributed by atoms with van der Waals surface area (Å²) in [5.41, 5.74) is 0.323. The molecule has 0 atom stereocenters. The van der Waals surface area contributed by atoms with E-state index in [1.165, 1.54) is 12.1 Å². The molecule has 0 aliphatic heterocycles. The van der Waals surface area contributed by atoms with Gasteiger partial charge in [0.1, 0.15) is 16.6 Å². The highest BCUT2D eigenvalue weighted by molar-refractivity contribution is 6.34. The number of rotatable bonds is 2. The van der Waals surface area contributed by atoms with Gasteiger partial charge in [-0.2, -0.15) is 13.2 Å². The maximum Gasteiger partial charge on any atom is 0.433 e. The maximum atomic E-state index is 12.8. The summed E-state index contributed by atoms with van der Waals surface area (Å²) in [6.45, 7) is 0. The first kappa shape index (κ1) is 15.6. The Hall–Kier alpha value is -2.34. The summed E-state index contributed by atoms with van der Waals surface area (Å²) in [5, 5.41) is 0.478. The van der Waals surface area contributed by atoms with Gasteiger partial charge in [0.2, 0.25) is 0 Å². The fraction of sp³-hybridized carbons (Fsp3) is 0.125. The highest BCUT2D eigenvalue weighted by atomic mass is 35.5. The molecule has 0 unspecified atom stereocenters. The molecule has 0 aliphatic carbocycles. The summed E-state index contributed by atoms with van der Waals surface area (Å²) in [7, 11) is 1.54. The number of aromatic nitrogens is 2. The van der Waals surface area contributed by atoms with Crippen molar-refractivity contribution >= 4 is 22.5 Å². The third-order valence-corrected chi connectivity index (χ3v) is 3.60. The highest BCUT2D eigenvalue weighted by Crippen LogP contribution is 2.32. The van der Waals surface area contributed by atoms with Crippen LogP contribution in [0.1, 0.15) is 5.69 Å². The Morgan fingerprint density at radius 2 is 1.70 bits per heavy atom. The summed E-state index contributed by atoms with van der Waals surface area (Å²) >= 11 is 6.08. The van der Waals surface area contributed by atoms with E-state index >= 15 is 0 Å². The Kier molecular flexibility index (Phi) is 3.85. The van der Waals surface area contributed by atoms with E-state index < -0.39 is 11.9 Å². The molecule has 3 rings (SSSR count). The minimum absolute atomic E-state index is 0.106. The van der Waals surface area contributed by atoms with Crippen molar-refractivity contribution in [3.05, 3.63) is 53.3 Å². The van der Waals surface area contributed by atoms with Gasteiger partial charge in [-0.1, -0.05) is 11.6 Å². The molecule has 0 spiro atoms. The van der Waals surface area contributed by atoms with Crippen LogP contribution in [-0.2, 0) is 6.18 Å². The molecule has 0 radical (unpaired) electrons. The van der Waals surface area contributed by atoms with E-state index in [9.17, 15) is 13.2 Å². The number of methoxy groups -OCH3 is 1. The van der Waals surface area contributed by atoms with Crippen LogP contribution < -0.4 is 4.74 Å². The van der Waals surface area contributed by atoms with Crippen LogP contribution >= 0.6 is 11.6 Å². The van der Waals surface area contributed by atoms with E-state index in [2.05, 4.69) is 9.97 Å². The molecule has 118 valence electrons. The van der Waals surface area contributed by atoms with Gasteiger partial charge in [0.15, 0.2) is 0 Å². The quantitative estimate of drug-likeness (QED) is 0.618. The molecule has 0 amide bonds. The monoisotopic (exact) mass is 338 g/mol. The normalized spacial score (nSPS) is 11.7. The molecule has 0 saturated heterocycles. The highest BCUT2D eigenvalue weighted by Gasteiger charge is 2.32. The predicted octanol–water partition coefficient (Wildman–Crippen LogP) is 4.98.